The Morgan fingerprint density at radius 2 is 1.59 bits per heavy atom. The van der Waals surface area contributed by atoms with Gasteiger partial charge in [-0.15, -0.1) is 0 Å². The van der Waals surface area contributed by atoms with Gasteiger partial charge in [-0.1, -0.05) is 28.1 Å². The maximum Gasteiger partial charge on any atom is 0.259 e. The number of ether oxygens (including phenoxy) is 2. The van der Waals surface area contributed by atoms with Crippen LogP contribution in [0.25, 0.3) is 0 Å². The van der Waals surface area contributed by atoms with E-state index in [1.54, 1.807) is 60.7 Å². The lowest BCUT2D eigenvalue weighted by molar-refractivity contribution is 0.102. The first-order chi connectivity index (χ1) is 15.4. The van der Waals surface area contributed by atoms with Gasteiger partial charge in [-0.05, 0) is 75.4 Å². The second kappa shape index (κ2) is 10.8. The average molecular weight is 497 g/mol. The minimum atomic E-state index is -0.372. The van der Waals surface area contributed by atoms with Crippen LogP contribution in [0.5, 0.6) is 11.5 Å². The quantitative estimate of drug-likeness (QED) is 0.392. The number of rotatable bonds is 8. The Morgan fingerprint density at radius 1 is 0.906 bits per heavy atom. The summed E-state index contributed by atoms with van der Waals surface area (Å²) in [6.45, 7) is 6.27. The Hall–Kier alpha value is -3.32. The second-order valence-electron chi connectivity index (χ2n) is 7.22. The molecule has 0 unspecified atom stereocenters. The van der Waals surface area contributed by atoms with Crippen molar-refractivity contribution in [2.75, 3.05) is 17.2 Å². The first-order valence-electron chi connectivity index (χ1n) is 10.3. The third kappa shape index (κ3) is 6.11. The largest absolute Gasteiger partial charge is 0.494 e. The van der Waals surface area contributed by atoms with Gasteiger partial charge in [-0.3, -0.25) is 9.59 Å². The normalized spacial score (nSPS) is 10.5. The molecule has 3 aromatic carbocycles. The molecule has 3 rings (SSSR count). The number of carbonyl (C=O) groups excluding carboxylic acids is 2. The molecular weight excluding hydrogens is 472 g/mol. The highest BCUT2D eigenvalue weighted by Crippen LogP contribution is 2.26. The van der Waals surface area contributed by atoms with Crippen molar-refractivity contribution < 1.29 is 19.1 Å². The zero-order valence-electron chi connectivity index (χ0n) is 18.1. The first kappa shape index (κ1) is 23.3. The molecule has 32 heavy (non-hydrogen) atoms. The predicted molar refractivity (Wildman–Crippen MR) is 130 cm³/mol. The summed E-state index contributed by atoms with van der Waals surface area (Å²) in [5.41, 5.74) is 1.74. The molecule has 0 heterocycles. The Morgan fingerprint density at radius 3 is 2.28 bits per heavy atom. The summed E-state index contributed by atoms with van der Waals surface area (Å²) < 4.78 is 11.9. The van der Waals surface area contributed by atoms with Crippen LogP contribution in [0, 0.1) is 0 Å². The van der Waals surface area contributed by atoms with Gasteiger partial charge in [0.15, 0.2) is 0 Å². The number of halogens is 1. The number of hydrogen-bond donors (Lipinski definition) is 2. The molecule has 6 nitrogen and oxygen atoms in total. The third-order valence-corrected chi connectivity index (χ3v) is 4.89. The van der Waals surface area contributed by atoms with Crippen molar-refractivity contribution in [3.05, 3.63) is 82.3 Å². The van der Waals surface area contributed by atoms with Gasteiger partial charge in [-0.25, -0.2) is 0 Å². The number of carbonyl (C=O) groups is 2. The fourth-order valence-electron chi connectivity index (χ4n) is 3.02. The zero-order valence-corrected chi connectivity index (χ0v) is 19.7. The molecule has 166 valence electrons. The number of anilines is 2. The maximum atomic E-state index is 13.0. The highest BCUT2D eigenvalue weighted by molar-refractivity contribution is 9.10. The highest BCUT2D eigenvalue weighted by Gasteiger charge is 2.18. The SMILES string of the molecule is CCOc1ccc(NC(=O)c2ccccc2NC(=O)c2cc(Br)ccc2OC(C)C)cc1. The number of benzene rings is 3. The molecule has 0 saturated carbocycles. The smallest absolute Gasteiger partial charge is 0.259 e. The van der Waals surface area contributed by atoms with Crippen molar-refractivity contribution in [2.24, 2.45) is 0 Å². The summed E-state index contributed by atoms with van der Waals surface area (Å²) in [4.78, 5) is 25.9. The molecule has 7 heteroatoms. The standard InChI is InChI=1S/C25H25BrN2O4/c1-4-31-19-12-10-18(11-13-19)27-24(29)20-7-5-6-8-22(20)28-25(30)21-15-17(26)9-14-23(21)32-16(2)3/h5-16H,4H2,1-3H3,(H,27,29)(H,28,30). The van der Waals surface area contributed by atoms with Crippen LogP contribution >= 0.6 is 15.9 Å². The van der Waals surface area contributed by atoms with Gasteiger partial charge in [0.2, 0.25) is 0 Å². The van der Waals surface area contributed by atoms with E-state index in [2.05, 4.69) is 26.6 Å². The average Bonchev–Trinajstić information content (AvgIpc) is 2.76. The van der Waals surface area contributed by atoms with Crippen LogP contribution in [0.1, 0.15) is 41.5 Å². The Balaban J connectivity index is 1.80. The predicted octanol–water partition coefficient (Wildman–Crippen LogP) is 6.14. The minimum Gasteiger partial charge on any atom is -0.494 e. The van der Waals surface area contributed by atoms with Gasteiger partial charge in [-0.2, -0.15) is 0 Å². The van der Waals surface area contributed by atoms with Gasteiger partial charge < -0.3 is 20.1 Å². The van der Waals surface area contributed by atoms with Crippen LogP contribution in [-0.2, 0) is 0 Å². The molecule has 0 fully saturated rings. The topological polar surface area (TPSA) is 76.7 Å². The molecule has 0 bridgehead atoms. The summed E-state index contributed by atoms with van der Waals surface area (Å²) in [5.74, 6) is 0.491. The molecule has 0 atom stereocenters. The fraction of sp³-hybridized carbons (Fsp3) is 0.200. The highest BCUT2D eigenvalue weighted by atomic mass is 79.9. The summed E-state index contributed by atoms with van der Waals surface area (Å²) in [6.07, 6.45) is -0.0881. The van der Waals surface area contributed by atoms with E-state index in [0.29, 0.717) is 34.9 Å². The van der Waals surface area contributed by atoms with Crippen molar-refractivity contribution in [3.63, 3.8) is 0 Å². The van der Waals surface area contributed by atoms with E-state index in [9.17, 15) is 9.59 Å². The number of para-hydroxylation sites is 1. The van der Waals surface area contributed by atoms with Crippen LogP contribution < -0.4 is 20.1 Å². The molecule has 0 saturated heterocycles. The maximum absolute atomic E-state index is 13.0. The van der Waals surface area contributed by atoms with Crippen molar-refractivity contribution in [3.8, 4) is 11.5 Å². The zero-order chi connectivity index (χ0) is 23.1. The van der Waals surface area contributed by atoms with Crippen molar-refractivity contribution >= 4 is 39.1 Å². The summed E-state index contributed by atoms with van der Waals surface area (Å²) in [6, 6.07) is 19.2. The third-order valence-electron chi connectivity index (χ3n) is 4.39. The molecular formula is C25H25BrN2O4. The summed E-state index contributed by atoms with van der Waals surface area (Å²) in [7, 11) is 0. The van der Waals surface area contributed by atoms with E-state index in [1.807, 2.05) is 26.8 Å². The van der Waals surface area contributed by atoms with Crippen molar-refractivity contribution in [1.82, 2.24) is 0 Å². The van der Waals surface area contributed by atoms with Crippen LogP contribution in [0.3, 0.4) is 0 Å². The minimum absolute atomic E-state index is 0.0881. The molecule has 2 amide bonds. The summed E-state index contributed by atoms with van der Waals surface area (Å²) in [5, 5.41) is 5.69. The molecule has 3 aromatic rings. The first-order valence-corrected chi connectivity index (χ1v) is 11.1. The number of nitrogens with one attached hydrogen (secondary N) is 2. The van der Waals surface area contributed by atoms with Gasteiger partial charge in [0.25, 0.3) is 11.8 Å². The Bertz CT molecular complexity index is 1100. The van der Waals surface area contributed by atoms with Gasteiger partial charge in [0, 0.05) is 10.2 Å². The second-order valence-corrected chi connectivity index (χ2v) is 8.13. The lowest BCUT2D eigenvalue weighted by atomic mass is 10.1. The summed E-state index contributed by atoms with van der Waals surface area (Å²) >= 11 is 3.40. The van der Waals surface area contributed by atoms with E-state index >= 15 is 0 Å². The molecule has 2 N–H and O–H groups in total. The lowest BCUT2D eigenvalue weighted by Crippen LogP contribution is -2.19. The molecule has 0 spiro atoms. The van der Waals surface area contributed by atoms with Gasteiger partial charge >= 0.3 is 0 Å². The molecule has 0 aliphatic heterocycles. The number of amides is 2. The molecule has 0 aliphatic carbocycles. The molecule has 0 aromatic heterocycles. The van der Waals surface area contributed by atoms with E-state index < -0.39 is 0 Å². The van der Waals surface area contributed by atoms with Crippen LogP contribution in [0.2, 0.25) is 0 Å². The van der Waals surface area contributed by atoms with Crippen LogP contribution in [-0.4, -0.2) is 24.5 Å². The van der Waals surface area contributed by atoms with Crippen molar-refractivity contribution in [2.45, 2.75) is 26.9 Å². The Kier molecular flexibility index (Phi) is 7.89. The van der Waals surface area contributed by atoms with Gasteiger partial charge in [0.1, 0.15) is 11.5 Å². The van der Waals surface area contributed by atoms with Gasteiger partial charge in [0.05, 0.1) is 29.5 Å². The molecule has 0 radical (unpaired) electrons. The van der Waals surface area contributed by atoms with Crippen molar-refractivity contribution in [1.29, 1.82) is 0 Å². The van der Waals surface area contributed by atoms with E-state index in [0.717, 1.165) is 10.2 Å². The monoisotopic (exact) mass is 496 g/mol. The van der Waals surface area contributed by atoms with E-state index in [4.69, 9.17) is 9.47 Å². The number of hydrogen-bond acceptors (Lipinski definition) is 4. The van der Waals surface area contributed by atoms with E-state index in [-0.39, 0.29) is 17.9 Å². The lowest BCUT2D eigenvalue weighted by Gasteiger charge is -2.16. The van der Waals surface area contributed by atoms with Crippen LogP contribution in [0.15, 0.2) is 71.2 Å². The van der Waals surface area contributed by atoms with E-state index in [1.165, 1.54) is 0 Å². The van der Waals surface area contributed by atoms with Crippen LogP contribution in [0.4, 0.5) is 11.4 Å². The molecule has 0 aliphatic rings. The Labute approximate surface area is 196 Å². The fourth-order valence-corrected chi connectivity index (χ4v) is 3.38.